The van der Waals surface area contributed by atoms with E-state index in [9.17, 15) is 0 Å². The van der Waals surface area contributed by atoms with Crippen LogP contribution in [0.2, 0.25) is 0 Å². The molecular formula is C23H27N3. The summed E-state index contributed by atoms with van der Waals surface area (Å²) in [5.74, 6) is 0.979. The Hall–Kier alpha value is -2.81. The van der Waals surface area contributed by atoms with Crippen LogP contribution in [0, 0.1) is 6.92 Å². The van der Waals surface area contributed by atoms with Crippen LogP contribution >= 0.6 is 0 Å². The molecule has 3 aromatic rings. The molecule has 0 saturated carbocycles. The minimum absolute atomic E-state index is 0.463. The minimum atomic E-state index is 0.463. The lowest BCUT2D eigenvalue weighted by atomic mass is 9.96. The molecule has 3 heteroatoms. The molecule has 0 amide bonds. The molecule has 134 valence electrons. The van der Waals surface area contributed by atoms with Gasteiger partial charge in [0, 0.05) is 6.42 Å². The van der Waals surface area contributed by atoms with E-state index in [1.807, 2.05) is 6.07 Å². The minimum Gasteiger partial charge on any atom is -0.384 e. The summed E-state index contributed by atoms with van der Waals surface area (Å²) in [5.41, 5.74) is 19.4. The van der Waals surface area contributed by atoms with E-state index >= 15 is 0 Å². The summed E-state index contributed by atoms with van der Waals surface area (Å²) in [7, 11) is 0. The predicted molar refractivity (Wildman–Crippen MR) is 110 cm³/mol. The molecule has 4 N–H and O–H groups in total. The van der Waals surface area contributed by atoms with Crippen molar-refractivity contribution in [2.24, 2.45) is 0 Å². The Labute approximate surface area is 156 Å². The van der Waals surface area contributed by atoms with Gasteiger partial charge in [0.1, 0.15) is 11.6 Å². The van der Waals surface area contributed by atoms with Crippen LogP contribution in [-0.4, -0.2) is 4.98 Å². The molecule has 2 aromatic carbocycles. The second-order valence-corrected chi connectivity index (χ2v) is 6.89. The molecule has 1 aromatic heterocycles. The summed E-state index contributed by atoms with van der Waals surface area (Å²) >= 11 is 0. The standard InChI is InChI=1S/C23H27N3/c1-3-17-4-6-18(7-5-17)8-10-20-11-9-19(14-16(20)2)15-21-12-13-22(24)26-23(21)25/h4-7,9,11-14H,3,8,10,15H2,1-2H3,(H4,24,25,26). The van der Waals surface area contributed by atoms with Crippen molar-refractivity contribution in [1.29, 1.82) is 0 Å². The zero-order valence-corrected chi connectivity index (χ0v) is 15.6. The average molecular weight is 345 g/mol. The van der Waals surface area contributed by atoms with Crippen LogP contribution in [0.4, 0.5) is 11.6 Å². The van der Waals surface area contributed by atoms with E-state index in [1.165, 1.54) is 27.8 Å². The van der Waals surface area contributed by atoms with E-state index in [2.05, 4.69) is 61.3 Å². The van der Waals surface area contributed by atoms with Crippen molar-refractivity contribution < 1.29 is 0 Å². The number of nitrogen functional groups attached to an aromatic ring is 2. The summed E-state index contributed by atoms with van der Waals surface area (Å²) in [4.78, 5) is 4.14. The highest BCUT2D eigenvalue weighted by molar-refractivity contribution is 5.48. The SMILES string of the molecule is CCc1ccc(CCc2ccc(Cc3ccc(N)nc3N)cc2C)cc1. The van der Waals surface area contributed by atoms with Gasteiger partial charge in [-0.15, -0.1) is 0 Å². The number of nitrogens with two attached hydrogens (primary N) is 2. The molecule has 0 unspecified atom stereocenters. The van der Waals surface area contributed by atoms with Crippen molar-refractivity contribution in [3.63, 3.8) is 0 Å². The van der Waals surface area contributed by atoms with Gasteiger partial charge in [0.25, 0.3) is 0 Å². The van der Waals surface area contributed by atoms with Gasteiger partial charge in [-0.2, -0.15) is 0 Å². The van der Waals surface area contributed by atoms with Crippen LogP contribution in [0.5, 0.6) is 0 Å². The quantitative estimate of drug-likeness (QED) is 0.691. The van der Waals surface area contributed by atoms with E-state index in [4.69, 9.17) is 11.5 Å². The van der Waals surface area contributed by atoms with E-state index in [1.54, 1.807) is 6.07 Å². The maximum atomic E-state index is 5.98. The van der Waals surface area contributed by atoms with Gasteiger partial charge in [0.05, 0.1) is 0 Å². The fraction of sp³-hybridized carbons (Fsp3) is 0.261. The third-order valence-corrected chi connectivity index (χ3v) is 4.95. The monoisotopic (exact) mass is 345 g/mol. The first-order valence-corrected chi connectivity index (χ1v) is 9.22. The molecule has 0 aliphatic carbocycles. The number of benzene rings is 2. The summed E-state index contributed by atoms with van der Waals surface area (Å²) in [6.07, 6.45) is 4.00. The summed E-state index contributed by atoms with van der Waals surface area (Å²) in [6.45, 7) is 4.37. The van der Waals surface area contributed by atoms with Crippen LogP contribution < -0.4 is 11.5 Å². The number of nitrogens with zero attached hydrogens (tertiary/aromatic N) is 1. The van der Waals surface area contributed by atoms with Crippen molar-refractivity contribution in [2.75, 3.05) is 11.5 Å². The largest absolute Gasteiger partial charge is 0.384 e. The topological polar surface area (TPSA) is 64.9 Å². The maximum Gasteiger partial charge on any atom is 0.129 e. The molecule has 3 nitrogen and oxygen atoms in total. The van der Waals surface area contributed by atoms with Crippen molar-refractivity contribution >= 4 is 11.6 Å². The lowest BCUT2D eigenvalue weighted by Crippen LogP contribution is -2.02. The maximum absolute atomic E-state index is 5.98. The van der Waals surface area contributed by atoms with Crippen LogP contribution in [0.15, 0.2) is 54.6 Å². The smallest absolute Gasteiger partial charge is 0.129 e. The van der Waals surface area contributed by atoms with E-state index in [0.717, 1.165) is 31.2 Å². The first-order chi connectivity index (χ1) is 12.5. The van der Waals surface area contributed by atoms with E-state index in [-0.39, 0.29) is 0 Å². The molecule has 26 heavy (non-hydrogen) atoms. The van der Waals surface area contributed by atoms with Gasteiger partial charge in [0.2, 0.25) is 0 Å². The third kappa shape index (κ3) is 4.42. The zero-order chi connectivity index (χ0) is 18.5. The van der Waals surface area contributed by atoms with Gasteiger partial charge in [-0.25, -0.2) is 4.98 Å². The Morgan fingerprint density at radius 1 is 0.769 bits per heavy atom. The Bertz CT molecular complexity index is 882. The number of rotatable bonds is 6. The second kappa shape index (κ2) is 8.05. The first kappa shape index (κ1) is 18.0. The van der Waals surface area contributed by atoms with Crippen molar-refractivity contribution in [3.8, 4) is 0 Å². The van der Waals surface area contributed by atoms with Crippen LogP contribution in [0.1, 0.15) is 40.3 Å². The van der Waals surface area contributed by atoms with Crippen molar-refractivity contribution in [3.05, 3.63) is 88.0 Å². The van der Waals surface area contributed by atoms with Crippen molar-refractivity contribution in [2.45, 2.75) is 39.5 Å². The predicted octanol–water partition coefficient (Wildman–Crippen LogP) is 4.49. The highest BCUT2D eigenvalue weighted by Gasteiger charge is 2.06. The summed E-state index contributed by atoms with van der Waals surface area (Å²) in [5, 5.41) is 0. The molecule has 0 saturated heterocycles. The van der Waals surface area contributed by atoms with Gasteiger partial charge >= 0.3 is 0 Å². The highest BCUT2D eigenvalue weighted by Crippen LogP contribution is 2.20. The van der Waals surface area contributed by atoms with Gasteiger partial charge in [0.15, 0.2) is 0 Å². The van der Waals surface area contributed by atoms with Crippen molar-refractivity contribution in [1.82, 2.24) is 4.98 Å². The molecule has 3 rings (SSSR count). The molecule has 0 bridgehead atoms. The fourth-order valence-corrected chi connectivity index (χ4v) is 3.26. The zero-order valence-electron chi connectivity index (χ0n) is 15.6. The molecule has 0 radical (unpaired) electrons. The van der Waals surface area contributed by atoms with Gasteiger partial charge < -0.3 is 11.5 Å². The Morgan fingerprint density at radius 3 is 2.08 bits per heavy atom. The van der Waals surface area contributed by atoms with E-state index in [0.29, 0.717) is 11.6 Å². The number of hydrogen-bond acceptors (Lipinski definition) is 3. The molecule has 0 aliphatic heterocycles. The van der Waals surface area contributed by atoms with E-state index < -0.39 is 0 Å². The number of aromatic nitrogens is 1. The average Bonchev–Trinajstić information content (AvgIpc) is 2.64. The summed E-state index contributed by atoms with van der Waals surface area (Å²) < 4.78 is 0. The third-order valence-electron chi connectivity index (χ3n) is 4.95. The molecule has 1 heterocycles. The number of pyridine rings is 1. The molecular weight excluding hydrogens is 318 g/mol. The fourth-order valence-electron chi connectivity index (χ4n) is 3.26. The molecule has 0 aliphatic rings. The molecule has 0 fully saturated rings. The Kier molecular flexibility index (Phi) is 5.57. The molecule has 0 atom stereocenters. The number of aryl methyl sites for hydroxylation is 4. The Morgan fingerprint density at radius 2 is 1.42 bits per heavy atom. The summed E-state index contributed by atoms with van der Waals surface area (Å²) in [6, 6.07) is 19.4. The lowest BCUT2D eigenvalue weighted by Gasteiger charge is -2.10. The van der Waals surface area contributed by atoms with Crippen LogP contribution in [0.25, 0.3) is 0 Å². The normalized spacial score (nSPS) is 10.8. The molecule has 0 spiro atoms. The van der Waals surface area contributed by atoms with Crippen LogP contribution in [0.3, 0.4) is 0 Å². The second-order valence-electron chi connectivity index (χ2n) is 6.89. The number of anilines is 2. The highest BCUT2D eigenvalue weighted by atomic mass is 14.9. The number of hydrogen-bond donors (Lipinski definition) is 2. The lowest BCUT2D eigenvalue weighted by molar-refractivity contribution is 0.943. The first-order valence-electron chi connectivity index (χ1n) is 9.22. The van der Waals surface area contributed by atoms with Gasteiger partial charge in [-0.1, -0.05) is 55.5 Å². The van der Waals surface area contributed by atoms with Crippen LogP contribution in [-0.2, 0) is 25.7 Å². The van der Waals surface area contributed by atoms with Gasteiger partial charge in [-0.05, 0) is 65.6 Å². The van der Waals surface area contributed by atoms with Gasteiger partial charge in [-0.3, -0.25) is 0 Å². The Balaban J connectivity index is 1.66.